The smallest absolute Gasteiger partial charge is 0.0663 e. The molecule has 0 heterocycles. The van der Waals surface area contributed by atoms with Crippen molar-refractivity contribution in [3.05, 3.63) is 28.8 Å². The van der Waals surface area contributed by atoms with E-state index in [-0.39, 0.29) is 6.04 Å². The Balaban J connectivity index is 3.03. The summed E-state index contributed by atoms with van der Waals surface area (Å²) < 4.78 is 5.20. The molecule has 1 rings (SSSR count). The van der Waals surface area contributed by atoms with Crippen LogP contribution in [0.25, 0.3) is 0 Å². The predicted octanol–water partition coefficient (Wildman–Crippen LogP) is 2.70. The van der Waals surface area contributed by atoms with Gasteiger partial charge in [0.2, 0.25) is 0 Å². The second kappa shape index (κ2) is 6.98. The first-order valence-corrected chi connectivity index (χ1v) is 6.59. The van der Waals surface area contributed by atoms with E-state index in [0.717, 1.165) is 22.7 Å². The number of ether oxygens (including phenoxy) is 1. The normalized spacial score (nSPS) is 14.3. The molecule has 2 atom stereocenters. The summed E-state index contributed by atoms with van der Waals surface area (Å²) in [5, 5.41) is 0.779. The molecule has 3 nitrogen and oxygen atoms in total. The van der Waals surface area contributed by atoms with Crippen molar-refractivity contribution in [2.24, 2.45) is 5.73 Å². The van der Waals surface area contributed by atoms with Gasteiger partial charge in [-0.25, -0.2) is 0 Å². The van der Waals surface area contributed by atoms with Crippen molar-refractivity contribution in [2.75, 3.05) is 25.7 Å². The van der Waals surface area contributed by atoms with Crippen LogP contribution in [0.3, 0.4) is 0 Å². The van der Waals surface area contributed by atoms with Gasteiger partial charge in [-0.05, 0) is 38.0 Å². The summed E-state index contributed by atoms with van der Waals surface area (Å²) in [4.78, 5) is 2.19. The third kappa shape index (κ3) is 3.87. The van der Waals surface area contributed by atoms with Crippen LogP contribution in [0.1, 0.15) is 19.4 Å². The molecule has 2 unspecified atom stereocenters. The third-order valence-electron chi connectivity index (χ3n) is 3.07. The van der Waals surface area contributed by atoms with Gasteiger partial charge in [-0.15, -0.1) is 0 Å². The lowest BCUT2D eigenvalue weighted by molar-refractivity contribution is 0.183. The van der Waals surface area contributed by atoms with Gasteiger partial charge >= 0.3 is 0 Å². The molecule has 1 aromatic rings. The van der Waals surface area contributed by atoms with Crippen LogP contribution in [-0.4, -0.2) is 32.8 Å². The van der Waals surface area contributed by atoms with Gasteiger partial charge in [0, 0.05) is 37.0 Å². The minimum atomic E-state index is 0.0924. The van der Waals surface area contributed by atoms with Gasteiger partial charge in [0.05, 0.1) is 6.61 Å². The van der Waals surface area contributed by atoms with Crippen molar-refractivity contribution in [1.82, 2.24) is 0 Å². The third-order valence-corrected chi connectivity index (χ3v) is 3.42. The van der Waals surface area contributed by atoms with Crippen molar-refractivity contribution in [3.8, 4) is 0 Å². The fourth-order valence-electron chi connectivity index (χ4n) is 1.99. The number of methoxy groups -OCH3 is 1. The summed E-state index contributed by atoms with van der Waals surface area (Å²) in [7, 11) is 3.77. The molecule has 0 bridgehead atoms. The van der Waals surface area contributed by atoms with E-state index in [1.165, 1.54) is 0 Å². The highest BCUT2D eigenvalue weighted by atomic mass is 35.5. The van der Waals surface area contributed by atoms with E-state index < -0.39 is 0 Å². The zero-order valence-corrected chi connectivity index (χ0v) is 12.4. The van der Waals surface area contributed by atoms with Crippen LogP contribution in [0.4, 0.5) is 5.69 Å². The minimum absolute atomic E-state index is 0.0924. The number of rotatable bonds is 6. The number of nitrogens with zero attached hydrogens (tertiary/aromatic N) is 1. The summed E-state index contributed by atoms with van der Waals surface area (Å²) in [5.74, 6) is 0. The quantitative estimate of drug-likeness (QED) is 0.864. The zero-order chi connectivity index (χ0) is 13.7. The fraction of sp³-hybridized carbons (Fsp3) is 0.571. The monoisotopic (exact) mass is 270 g/mol. The second-order valence-electron chi connectivity index (χ2n) is 4.83. The molecule has 0 fully saturated rings. The molecule has 4 heteroatoms. The summed E-state index contributed by atoms with van der Waals surface area (Å²) in [6.45, 7) is 4.80. The van der Waals surface area contributed by atoms with Crippen molar-refractivity contribution in [2.45, 2.75) is 32.4 Å². The zero-order valence-electron chi connectivity index (χ0n) is 11.6. The first-order valence-electron chi connectivity index (χ1n) is 6.22. The number of likely N-dealkylation sites (N-methyl/N-ethyl adjacent to an activating group) is 1. The number of hydrogen-bond donors (Lipinski definition) is 1. The highest BCUT2D eigenvalue weighted by Gasteiger charge is 2.16. The van der Waals surface area contributed by atoms with E-state index in [9.17, 15) is 0 Å². The lowest BCUT2D eigenvalue weighted by Crippen LogP contribution is -2.33. The largest absolute Gasteiger partial charge is 0.383 e. The lowest BCUT2D eigenvalue weighted by atomic mass is 10.0. The Labute approximate surface area is 115 Å². The van der Waals surface area contributed by atoms with Crippen LogP contribution >= 0.6 is 11.6 Å². The van der Waals surface area contributed by atoms with Crippen molar-refractivity contribution < 1.29 is 4.74 Å². The predicted molar refractivity (Wildman–Crippen MR) is 78.5 cm³/mol. The molecular weight excluding hydrogens is 248 g/mol. The standard InChI is InChI=1S/C14H23ClN2O/c1-10(16)8-12-13(15)6-5-7-14(12)17(3)11(2)9-18-4/h5-7,10-11H,8-9,16H2,1-4H3. The number of benzene rings is 1. The molecule has 18 heavy (non-hydrogen) atoms. The van der Waals surface area contributed by atoms with Gasteiger partial charge in [0.25, 0.3) is 0 Å². The Morgan fingerprint density at radius 1 is 1.39 bits per heavy atom. The molecule has 0 radical (unpaired) electrons. The van der Waals surface area contributed by atoms with Gasteiger partial charge in [0.15, 0.2) is 0 Å². The van der Waals surface area contributed by atoms with Gasteiger partial charge in [-0.1, -0.05) is 17.7 Å². The van der Waals surface area contributed by atoms with Gasteiger partial charge in [-0.3, -0.25) is 0 Å². The average Bonchev–Trinajstić information content (AvgIpc) is 2.30. The van der Waals surface area contributed by atoms with Gasteiger partial charge < -0.3 is 15.4 Å². The molecule has 0 aliphatic carbocycles. The average molecular weight is 271 g/mol. The van der Waals surface area contributed by atoms with E-state index >= 15 is 0 Å². The summed E-state index contributed by atoms with van der Waals surface area (Å²) in [5.41, 5.74) is 8.14. The van der Waals surface area contributed by atoms with E-state index in [2.05, 4.69) is 24.9 Å². The molecule has 102 valence electrons. The molecule has 0 amide bonds. The van der Waals surface area contributed by atoms with Crippen LogP contribution in [0.5, 0.6) is 0 Å². The second-order valence-corrected chi connectivity index (χ2v) is 5.24. The van der Waals surface area contributed by atoms with Crippen LogP contribution in [0.2, 0.25) is 5.02 Å². The molecule has 0 aromatic heterocycles. The van der Waals surface area contributed by atoms with Crippen molar-refractivity contribution in [1.29, 1.82) is 0 Å². The molecule has 1 aromatic carbocycles. The number of halogens is 1. The molecule has 0 spiro atoms. The van der Waals surface area contributed by atoms with E-state index in [0.29, 0.717) is 12.6 Å². The Kier molecular flexibility index (Phi) is 5.93. The highest BCUT2D eigenvalue weighted by Crippen LogP contribution is 2.29. The lowest BCUT2D eigenvalue weighted by Gasteiger charge is -2.29. The molecular formula is C14H23ClN2O. The minimum Gasteiger partial charge on any atom is -0.383 e. The molecule has 0 saturated heterocycles. The molecule has 0 saturated carbocycles. The van der Waals surface area contributed by atoms with Gasteiger partial charge in [0.1, 0.15) is 0 Å². The first kappa shape index (κ1) is 15.3. The van der Waals surface area contributed by atoms with E-state index in [1.54, 1.807) is 7.11 Å². The topological polar surface area (TPSA) is 38.5 Å². The highest BCUT2D eigenvalue weighted by molar-refractivity contribution is 6.31. The van der Waals surface area contributed by atoms with Crippen molar-refractivity contribution in [3.63, 3.8) is 0 Å². The van der Waals surface area contributed by atoms with Crippen LogP contribution in [-0.2, 0) is 11.2 Å². The Bertz CT molecular complexity index is 382. The molecule has 0 aliphatic heterocycles. The van der Waals surface area contributed by atoms with Crippen LogP contribution < -0.4 is 10.6 Å². The van der Waals surface area contributed by atoms with Crippen molar-refractivity contribution >= 4 is 17.3 Å². The Morgan fingerprint density at radius 2 is 2.06 bits per heavy atom. The SMILES string of the molecule is COCC(C)N(C)c1cccc(Cl)c1CC(C)N. The summed E-state index contributed by atoms with van der Waals surface area (Å²) in [6.07, 6.45) is 0.777. The number of hydrogen-bond acceptors (Lipinski definition) is 3. The maximum absolute atomic E-state index is 6.29. The molecule has 2 N–H and O–H groups in total. The first-order chi connectivity index (χ1) is 8.47. The molecule has 0 aliphatic rings. The van der Waals surface area contributed by atoms with E-state index in [1.807, 2.05) is 19.1 Å². The Hall–Kier alpha value is -0.770. The van der Waals surface area contributed by atoms with E-state index in [4.69, 9.17) is 22.1 Å². The fourth-order valence-corrected chi connectivity index (χ4v) is 2.24. The van der Waals surface area contributed by atoms with Crippen LogP contribution in [0.15, 0.2) is 18.2 Å². The summed E-state index contributed by atoms with van der Waals surface area (Å²) >= 11 is 6.29. The van der Waals surface area contributed by atoms with Gasteiger partial charge in [-0.2, -0.15) is 0 Å². The number of anilines is 1. The Morgan fingerprint density at radius 3 is 2.61 bits per heavy atom. The number of nitrogens with two attached hydrogens (primary N) is 1. The maximum Gasteiger partial charge on any atom is 0.0663 e. The van der Waals surface area contributed by atoms with Crippen LogP contribution in [0, 0.1) is 0 Å². The maximum atomic E-state index is 6.29. The summed E-state index contributed by atoms with van der Waals surface area (Å²) in [6, 6.07) is 6.35.